The van der Waals surface area contributed by atoms with Gasteiger partial charge in [-0.15, -0.1) is 0 Å². The van der Waals surface area contributed by atoms with E-state index < -0.39 is 5.97 Å². The van der Waals surface area contributed by atoms with Crippen molar-refractivity contribution in [3.8, 4) is 6.07 Å². The summed E-state index contributed by atoms with van der Waals surface area (Å²) in [5.74, 6) is -1.17. The number of hydrogen-bond acceptors (Lipinski definition) is 3. The number of carboxylic acid groups (broad SMARTS) is 1. The fourth-order valence-electron chi connectivity index (χ4n) is 0.208. The lowest BCUT2D eigenvalue weighted by Gasteiger charge is -1.89. The third kappa shape index (κ3) is 4.70. The first kappa shape index (κ1) is 6.70. The summed E-state index contributed by atoms with van der Waals surface area (Å²) in [6.45, 7) is 0. The fourth-order valence-corrected chi connectivity index (χ4v) is 0.208. The van der Waals surface area contributed by atoms with E-state index in [-0.39, 0.29) is 6.42 Å². The molecule has 0 atom stereocenters. The first-order valence-electron chi connectivity index (χ1n) is 2.02. The molecule has 0 aromatic heterocycles. The van der Waals surface area contributed by atoms with Crippen LogP contribution < -0.4 is 5.11 Å². The Morgan fingerprint density at radius 1 is 1.88 bits per heavy atom. The molecule has 0 saturated carbocycles. The normalized spacial score (nSPS) is 8.88. The SMILES string of the molecule is N#C/C=C/CC(=O)[O-]. The van der Waals surface area contributed by atoms with Gasteiger partial charge in [0.1, 0.15) is 0 Å². The van der Waals surface area contributed by atoms with Crippen molar-refractivity contribution in [2.45, 2.75) is 6.42 Å². The molecule has 0 aliphatic heterocycles. The topological polar surface area (TPSA) is 63.9 Å². The van der Waals surface area contributed by atoms with Crippen LogP contribution in [0.15, 0.2) is 12.2 Å². The highest BCUT2D eigenvalue weighted by Crippen LogP contribution is 1.76. The highest BCUT2D eigenvalue weighted by molar-refractivity contribution is 5.66. The number of allylic oxidation sites excluding steroid dienone is 1. The van der Waals surface area contributed by atoms with Gasteiger partial charge in [-0.2, -0.15) is 5.26 Å². The van der Waals surface area contributed by atoms with E-state index in [9.17, 15) is 9.90 Å². The van der Waals surface area contributed by atoms with Crippen LogP contribution in [-0.2, 0) is 4.79 Å². The first-order valence-corrected chi connectivity index (χ1v) is 2.02. The molecular weight excluding hydrogens is 106 g/mol. The minimum absolute atomic E-state index is 0.187. The fraction of sp³-hybridized carbons (Fsp3) is 0.200. The summed E-state index contributed by atoms with van der Waals surface area (Å²) in [6.07, 6.45) is 2.15. The molecule has 3 heteroatoms. The molecule has 0 saturated heterocycles. The lowest BCUT2D eigenvalue weighted by atomic mass is 10.4. The van der Waals surface area contributed by atoms with Gasteiger partial charge in [-0.05, 0) is 0 Å². The molecule has 0 amide bonds. The van der Waals surface area contributed by atoms with Crippen molar-refractivity contribution in [1.29, 1.82) is 5.26 Å². The van der Waals surface area contributed by atoms with Crippen molar-refractivity contribution in [2.24, 2.45) is 0 Å². The van der Waals surface area contributed by atoms with Crippen molar-refractivity contribution in [3.63, 3.8) is 0 Å². The van der Waals surface area contributed by atoms with Crippen LogP contribution in [0.3, 0.4) is 0 Å². The van der Waals surface area contributed by atoms with E-state index in [0.29, 0.717) is 0 Å². The Morgan fingerprint density at radius 3 is 2.88 bits per heavy atom. The molecule has 0 aliphatic carbocycles. The third-order valence-electron chi connectivity index (χ3n) is 0.477. The van der Waals surface area contributed by atoms with Gasteiger partial charge in [-0.3, -0.25) is 0 Å². The molecule has 0 aliphatic rings. The zero-order chi connectivity index (χ0) is 6.41. The van der Waals surface area contributed by atoms with Gasteiger partial charge in [0.25, 0.3) is 0 Å². The number of aliphatic carboxylic acids is 1. The molecule has 0 radical (unpaired) electrons. The van der Waals surface area contributed by atoms with Crippen LogP contribution in [0.5, 0.6) is 0 Å². The monoisotopic (exact) mass is 110 g/mol. The maximum atomic E-state index is 9.60. The zero-order valence-corrected chi connectivity index (χ0v) is 4.13. The maximum absolute atomic E-state index is 9.60. The van der Waals surface area contributed by atoms with Crippen LogP contribution in [0.2, 0.25) is 0 Å². The molecule has 8 heavy (non-hydrogen) atoms. The molecule has 0 bridgehead atoms. The lowest BCUT2D eigenvalue weighted by molar-refractivity contribution is -0.304. The molecule has 0 fully saturated rings. The Kier molecular flexibility index (Phi) is 3.25. The zero-order valence-electron chi connectivity index (χ0n) is 4.13. The molecule has 0 aromatic rings. The predicted octanol–water partition coefficient (Wildman–Crippen LogP) is -0.794. The van der Waals surface area contributed by atoms with Crippen LogP contribution >= 0.6 is 0 Å². The van der Waals surface area contributed by atoms with E-state index >= 15 is 0 Å². The van der Waals surface area contributed by atoms with E-state index in [1.54, 1.807) is 6.07 Å². The van der Waals surface area contributed by atoms with Crippen molar-refractivity contribution in [2.75, 3.05) is 0 Å². The van der Waals surface area contributed by atoms with Gasteiger partial charge in [0.2, 0.25) is 0 Å². The molecule has 0 aromatic carbocycles. The second-order valence-corrected chi connectivity index (χ2v) is 1.11. The summed E-state index contributed by atoms with van der Waals surface area (Å²) >= 11 is 0. The van der Waals surface area contributed by atoms with Gasteiger partial charge in [0, 0.05) is 18.5 Å². The molecule has 0 unspecified atom stereocenters. The smallest absolute Gasteiger partial charge is 0.0908 e. The summed E-state index contributed by atoms with van der Waals surface area (Å²) in [6, 6.07) is 1.65. The van der Waals surface area contributed by atoms with Gasteiger partial charge in [0.15, 0.2) is 0 Å². The second kappa shape index (κ2) is 3.88. The Hall–Kier alpha value is -1.30. The van der Waals surface area contributed by atoms with Crippen LogP contribution in [0.1, 0.15) is 6.42 Å². The van der Waals surface area contributed by atoms with Crippen LogP contribution in [0.4, 0.5) is 0 Å². The van der Waals surface area contributed by atoms with Crippen LogP contribution in [-0.4, -0.2) is 5.97 Å². The summed E-state index contributed by atoms with van der Waals surface area (Å²) in [4.78, 5) is 9.60. The Morgan fingerprint density at radius 2 is 2.50 bits per heavy atom. The number of carbonyl (C=O) groups excluding carboxylic acids is 1. The molecule has 0 heterocycles. The van der Waals surface area contributed by atoms with Crippen LogP contribution in [0.25, 0.3) is 0 Å². The van der Waals surface area contributed by atoms with Crippen molar-refractivity contribution < 1.29 is 9.90 Å². The maximum Gasteiger partial charge on any atom is 0.0908 e. The molecule has 0 spiro atoms. The Bertz CT molecular complexity index is 143. The molecular formula is C5H4NO2-. The van der Waals surface area contributed by atoms with Crippen molar-refractivity contribution >= 4 is 5.97 Å². The molecule has 42 valence electrons. The van der Waals surface area contributed by atoms with Crippen molar-refractivity contribution in [1.82, 2.24) is 0 Å². The van der Waals surface area contributed by atoms with Gasteiger partial charge in [-0.25, -0.2) is 0 Å². The number of nitrogens with zero attached hydrogens (tertiary/aromatic N) is 1. The number of nitriles is 1. The molecule has 0 N–H and O–H groups in total. The van der Waals surface area contributed by atoms with Gasteiger partial charge in [0.05, 0.1) is 6.07 Å². The van der Waals surface area contributed by atoms with E-state index in [1.165, 1.54) is 6.08 Å². The first-order chi connectivity index (χ1) is 3.77. The van der Waals surface area contributed by atoms with E-state index in [4.69, 9.17) is 5.26 Å². The second-order valence-electron chi connectivity index (χ2n) is 1.11. The Labute approximate surface area is 46.9 Å². The number of rotatable bonds is 2. The molecule has 0 rings (SSSR count). The quantitative estimate of drug-likeness (QED) is 0.437. The predicted molar refractivity (Wildman–Crippen MR) is 24.4 cm³/mol. The highest BCUT2D eigenvalue weighted by atomic mass is 16.4. The summed E-state index contributed by atoms with van der Waals surface area (Å²) in [7, 11) is 0. The van der Waals surface area contributed by atoms with E-state index in [2.05, 4.69) is 0 Å². The number of hydrogen-bond donors (Lipinski definition) is 0. The number of carboxylic acids is 1. The van der Waals surface area contributed by atoms with Crippen molar-refractivity contribution in [3.05, 3.63) is 12.2 Å². The average Bonchev–Trinajstić information content (AvgIpc) is 1.66. The molecule has 3 nitrogen and oxygen atoms in total. The number of carbonyl (C=O) groups is 1. The van der Waals surface area contributed by atoms with Crippen LogP contribution in [0, 0.1) is 11.3 Å². The largest absolute Gasteiger partial charge is 0.550 e. The summed E-state index contributed by atoms with van der Waals surface area (Å²) in [5.41, 5.74) is 0. The minimum atomic E-state index is -1.17. The van der Waals surface area contributed by atoms with E-state index in [0.717, 1.165) is 6.08 Å². The standard InChI is InChI=1S/C5H5NO2/c6-4-2-1-3-5(7)8/h1-2H,3H2,(H,7,8)/p-1/b2-1+. The van der Waals surface area contributed by atoms with Gasteiger partial charge in [-0.1, -0.05) is 6.08 Å². The average molecular weight is 110 g/mol. The Balaban J connectivity index is 3.34. The van der Waals surface area contributed by atoms with E-state index in [1.807, 2.05) is 0 Å². The lowest BCUT2D eigenvalue weighted by Crippen LogP contribution is -2.20. The highest BCUT2D eigenvalue weighted by Gasteiger charge is 1.74. The third-order valence-corrected chi connectivity index (χ3v) is 0.477. The summed E-state index contributed by atoms with van der Waals surface area (Å²) in [5, 5.41) is 17.4. The van der Waals surface area contributed by atoms with Gasteiger partial charge >= 0.3 is 0 Å². The summed E-state index contributed by atoms with van der Waals surface area (Å²) < 4.78 is 0. The minimum Gasteiger partial charge on any atom is -0.550 e. The van der Waals surface area contributed by atoms with Gasteiger partial charge < -0.3 is 9.90 Å².